The summed E-state index contributed by atoms with van der Waals surface area (Å²) in [5.74, 6) is -0.341. The van der Waals surface area contributed by atoms with E-state index in [-0.39, 0.29) is 16.6 Å². The van der Waals surface area contributed by atoms with E-state index in [1.165, 1.54) is 0 Å². The summed E-state index contributed by atoms with van der Waals surface area (Å²) in [4.78, 5) is 12.9. The number of rotatable bonds is 7. The van der Waals surface area contributed by atoms with Crippen molar-refractivity contribution in [2.24, 2.45) is 0 Å². The van der Waals surface area contributed by atoms with Gasteiger partial charge in [-0.05, 0) is 42.8 Å². The number of hydrogen-bond donors (Lipinski definition) is 1. The Hall–Kier alpha value is -3.45. The standard InChI is InChI=1S/C24H23N3O3S/c1-2-27-23-11-7-6-10-21(23)22(26-27)16-25-24(28)19-14-12-18(13-15-19)17-31(29,30)20-8-4-3-5-9-20/h3-15H,2,16-17H2,1H3,(H,25,28). The number of nitrogens with zero attached hydrogens (tertiary/aromatic N) is 2. The van der Waals surface area contributed by atoms with E-state index in [1.54, 1.807) is 54.6 Å². The molecule has 0 saturated heterocycles. The van der Waals surface area contributed by atoms with Gasteiger partial charge in [-0.25, -0.2) is 8.42 Å². The summed E-state index contributed by atoms with van der Waals surface area (Å²) in [6.45, 7) is 3.10. The predicted molar refractivity (Wildman–Crippen MR) is 120 cm³/mol. The van der Waals surface area contributed by atoms with Crippen molar-refractivity contribution in [2.45, 2.75) is 30.7 Å². The van der Waals surface area contributed by atoms with Gasteiger partial charge in [0, 0.05) is 17.5 Å². The number of nitrogens with one attached hydrogen (secondary N) is 1. The molecule has 1 aromatic heterocycles. The van der Waals surface area contributed by atoms with Crippen LogP contribution < -0.4 is 5.32 Å². The minimum absolute atomic E-state index is 0.112. The summed E-state index contributed by atoms with van der Waals surface area (Å²) >= 11 is 0. The lowest BCUT2D eigenvalue weighted by molar-refractivity contribution is 0.0950. The predicted octanol–water partition coefficient (Wildman–Crippen LogP) is 3.96. The average molecular weight is 434 g/mol. The molecule has 6 nitrogen and oxygen atoms in total. The Morgan fingerprint density at radius 2 is 1.61 bits per heavy atom. The third-order valence-corrected chi connectivity index (χ3v) is 6.83. The van der Waals surface area contributed by atoms with Crippen LogP contribution >= 0.6 is 0 Å². The maximum Gasteiger partial charge on any atom is 0.251 e. The van der Waals surface area contributed by atoms with Crippen molar-refractivity contribution in [2.75, 3.05) is 0 Å². The van der Waals surface area contributed by atoms with Gasteiger partial charge in [0.05, 0.1) is 28.4 Å². The van der Waals surface area contributed by atoms with Gasteiger partial charge in [0.15, 0.2) is 9.84 Å². The third-order valence-electron chi connectivity index (χ3n) is 5.13. The molecule has 0 unspecified atom stereocenters. The lowest BCUT2D eigenvalue weighted by Gasteiger charge is -2.07. The first kappa shape index (κ1) is 20.8. The number of aromatic nitrogens is 2. The minimum Gasteiger partial charge on any atom is -0.346 e. The number of hydrogen-bond acceptors (Lipinski definition) is 4. The molecule has 4 rings (SSSR count). The zero-order valence-electron chi connectivity index (χ0n) is 17.2. The van der Waals surface area contributed by atoms with Gasteiger partial charge in [-0.3, -0.25) is 9.48 Å². The molecular weight excluding hydrogens is 410 g/mol. The van der Waals surface area contributed by atoms with Gasteiger partial charge in [0.1, 0.15) is 0 Å². The van der Waals surface area contributed by atoms with Crippen molar-refractivity contribution in [3.8, 4) is 0 Å². The van der Waals surface area contributed by atoms with Crippen LogP contribution in [0.25, 0.3) is 10.9 Å². The number of benzene rings is 3. The van der Waals surface area contributed by atoms with Crippen molar-refractivity contribution in [1.82, 2.24) is 15.1 Å². The fourth-order valence-electron chi connectivity index (χ4n) is 3.52. The van der Waals surface area contributed by atoms with Crippen LogP contribution in [-0.4, -0.2) is 24.1 Å². The second-order valence-electron chi connectivity index (χ2n) is 7.23. The molecule has 0 radical (unpaired) electrons. The number of carbonyl (C=O) groups excluding carboxylic acids is 1. The molecule has 31 heavy (non-hydrogen) atoms. The molecule has 0 saturated carbocycles. The Kier molecular flexibility index (Phi) is 5.86. The highest BCUT2D eigenvalue weighted by Crippen LogP contribution is 2.19. The molecule has 1 heterocycles. The van der Waals surface area contributed by atoms with Crippen LogP contribution in [0, 0.1) is 0 Å². The van der Waals surface area contributed by atoms with Gasteiger partial charge in [-0.15, -0.1) is 0 Å². The Morgan fingerprint density at radius 3 is 2.32 bits per heavy atom. The number of aryl methyl sites for hydroxylation is 1. The van der Waals surface area contributed by atoms with E-state index in [2.05, 4.69) is 10.4 Å². The Bertz CT molecular complexity index is 1310. The summed E-state index contributed by atoms with van der Waals surface area (Å²) < 4.78 is 27.0. The van der Waals surface area contributed by atoms with Crippen LogP contribution in [0.15, 0.2) is 83.8 Å². The molecule has 4 aromatic rings. The summed E-state index contributed by atoms with van der Waals surface area (Å²) in [6, 6.07) is 22.9. The van der Waals surface area contributed by atoms with E-state index >= 15 is 0 Å². The van der Waals surface area contributed by atoms with Crippen LogP contribution in [-0.2, 0) is 28.7 Å². The van der Waals surface area contributed by atoms with Crippen molar-refractivity contribution >= 4 is 26.6 Å². The quantitative estimate of drug-likeness (QED) is 0.478. The van der Waals surface area contributed by atoms with Gasteiger partial charge >= 0.3 is 0 Å². The lowest BCUT2D eigenvalue weighted by atomic mass is 10.1. The molecule has 0 atom stereocenters. The van der Waals surface area contributed by atoms with Gasteiger partial charge in [-0.1, -0.05) is 48.5 Å². The van der Waals surface area contributed by atoms with Gasteiger partial charge in [-0.2, -0.15) is 5.10 Å². The molecule has 0 aliphatic carbocycles. The number of amides is 1. The van der Waals surface area contributed by atoms with Crippen LogP contribution in [0.4, 0.5) is 0 Å². The van der Waals surface area contributed by atoms with E-state index in [0.29, 0.717) is 17.7 Å². The lowest BCUT2D eigenvalue weighted by Crippen LogP contribution is -2.23. The maximum absolute atomic E-state index is 12.6. The maximum atomic E-state index is 12.6. The molecule has 0 bridgehead atoms. The van der Waals surface area contributed by atoms with E-state index in [9.17, 15) is 13.2 Å². The third kappa shape index (κ3) is 4.51. The Labute approximate surface area is 181 Å². The molecule has 3 aromatic carbocycles. The number of fused-ring (bicyclic) bond motifs is 1. The summed E-state index contributed by atoms with van der Waals surface area (Å²) in [5, 5.41) is 8.52. The second-order valence-corrected chi connectivity index (χ2v) is 9.22. The smallest absolute Gasteiger partial charge is 0.251 e. The first-order valence-corrected chi connectivity index (χ1v) is 11.7. The first-order chi connectivity index (χ1) is 15.0. The molecule has 158 valence electrons. The molecule has 0 aliphatic rings. The van der Waals surface area contributed by atoms with Crippen LogP contribution in [0.5, 0.6) is 0 Å². The zero-order valence-corrected chi connectivity index (χ0v) is 18.0. The number of para-hydroxylation sites is 1. The molecule has 1 amide bonds. The summed E-state index contributed by atoms with van der Waals surface area (Å²) in [5.41, 5.74) is 2.96. The average Bonchev–Trinajstić information content (AvgIpc) is 3.16. The summed E-state index contributed by atoms with van der Waals surface area (Å²) in [6.07, 6.45) is 0. The van der Waals surface area contributed by atoms with Crippen LogP contribution in [0.2, 0.25) is 0 Å². The monoisotopic (exact) mass is 433 g/mol. The normalized spacial score (nSPS) is 11.5. The second kappa shape index (κ2) is 8.73. The molecule has 0 spiro atoms. The van der Waals surface area contributed by atoms with E-state index in [4.69, 9.17) is 0 Å². The van der Waals surface area contributed by atoms with Crippen LogP contribution in [0.3, 0.4) is 0 Å². The molecule has 0 fully saturated rings. The van der Waals surface area contributed by atoms with E-state index < -0.39 is 9.84 Å². The molecular formula is C24H23N3O3S. The largest absolute Gasteiger partial charge is 0.346 e. The zero-order chi connectivity index (χ0) is 21.8. The number of sulfone groups is 1. The van der Waals surface area contributed by atoms with Crippen molar-refractivity contribution in [1.29, 1.82) is 0 Å². The minimum atomic E-state index is -3.42. The topological polar surface area (TPSA) is 81.1 Å². The molecule has 1 N–H and O–H groups in total. The number of carbonyl (C=O) groups is 1. The summed E-state index contributed by atoms with van der Waals surface area (Å²) in [7, 11) is -3.42. The van der Waals surface area contributed by atoms with Crippen molar-refractivity contribution in [3.05, 3.63) is 95.7 Å². The van der Waals surface area contributed by atoms with E-state index in [0.717, 1.165) is 23.1 Å². The highest BCUT2D eigenvalue weighted by atomic mass is 32.2. The van der Waals surface area contributed by atoms with E-state index in [1.807, 2.05) is 35.9 Å². The molecule has 7 heteroatoms. The first-order valence-electron chi connectivity index (χ1n) is 10.1. The fraction of sp³-hybridized carbons (Fsp3) is 0.167. The Balaban J connectivity index is 1.43. The van der Waals surface area contributed by atoms with Crippen LogP contribution in [0.1, 0.15) is 28.5 Å². The highest BCUT2D eigenvalue weighted by molar-refractivity contribution is 7.90. The fourth-order valence-corrected chi connectivity index (χ4v) is 4.89. The molecule has 0 aliphatic heterocycles. The highest BCUT2D eigenvalue weighted by Gasteiger charge is 2.16. The van der Waals surface area contributed by atoms with Crippen molar-refractivity contribution in [3.63, 3.8) is 0 Å². The van der Waals surface area contributed by atoms with Gasteiger partial charge in [0.2, 0.25) is 0 Å². The Morgan fingerprint density at radius 1 is 0.935 bits per heavy atom. The van der Waals surface area contributed by atoms with Gasteiger partial charge in [0.25, 0.3) is 5.91 Å². The SMILES string of the molecule is CCn1nc(CNC(=O)c2ccc(CS(=O)(=O)c3ccccc3)cc2)c2ccccc21. The van der Waals surface area contributed by atoms with Crippen molar-refractivity contribution < 1.29 is 13.2 Å². The van der Waals surface area contributed by atoms with Gasteiger partial charge < -0.3 is 5.32 Å².